The molecule has 106 valence electrons. The fraction of sp³-hybridized carbons (Fsp3) is 0.583. The zero-order valence-electron chi connectivity index (χ0n) is 10.3. The summed E-state index contributed by atoms with van der Waals surface area (Å²) >= 11 is 0. The molecule has 1 fully saturated rings. The Balaban J connectivity index is 2.32. The maximum atomic E-state index is 13.0. The molecule has 0 saturated carbocycles. The molecule has 0 amide bonds. The highest BCUT2D eigenvalue weighted by Crippen LogP contribution is 2.38. The van der Waals surface area contributed by atoms with Crippen molar-refractivity contribution in [1.82, 2.24) is 10.4 Å². The van der Waals surface area contributed by atoms with Crippen molar-refractivity contribution in [3.05, 3.63) is 29.6 Å². The topological polar surface area (TPSA) is 60.2 Å². The van der Waals surface area contributed by atoms with E-state index < -0.39 is 17.8 Å². The van der Waals surface area contributed by atoms with Gasteiger partial charge in [0.1, 0.15) is 0 Å². The fourth-order valence-corrected chi connectivity index (χ4v) is 2.44. The van der Waals surface area contributed by atoms with E-state index in [4.69, 9.17) is 10.6 Å². The highest BCUT2D eigenvalue weighted by molar-refractivity contribution is 5.29. The average Bonchev–Trinajstić information content (AvgIpc) is 2.40. The van der Waals surface area contributed by atoms with E-state index in [1.165, 1.54) is 6.20 Å². The molecule has 1 aliphatic heterocycles. The lowest BCUT2D eigenvalue weighted by Gasteiger charge is -2.31. The molecular formula is C12H16F3N3O. The van der Waals surface area contributed by atoms with E-state index in [9.17, 15) is 13.2 Å². The van der Waals surface area contributed by atoms with Gasteiger partial charge >= 0.3 is 6.18 Å². The van der Waals surface area contributed by atoms with Gasteiger partial charge in [0.2, 0.25) is 0 Å². The quantitative estimate of drug-likeness (QED) is 0.654. The first-order valence-corrected chi connectivity index (χ1v) is 6.09. The third kappa shape index (κ3) is 3.23. The summed E-state index contributed by atoms with van der Waals surface area (Å²) in [5.41, 5.74) is 1.92. The van der Waals surface area contributed by atoms with Gasteiger partial charge in [0.25, 0.3) is 0 Å². The predicted octanol–water partition coefficient (Wildman–Crippen LogP) is 2.03. The zero-order valence-corrected chi connectivity index (χ0v) is 10.3. The van der Waals surface area contributed by atoms with Crippen LogP contribution < -0.4 is 11.3 Å². The van der Waals surface area contributed by atoms with Crippen LogP contribution in [0.3, 0.4) is 0 Å². The van der Waals surface area contributed by atoms with Gasteiger partial charge in [-0.3, -0.25) is 16.3 Å². The lowest BCUT2D eigenvalue weighted by molar-refractivity contribution is -0.138. The van der Waals surface area contributed by atoms with Gasteiger partial charge in [0.05, 0.1) is 11.6 Å². The number of halogens is 3. The predicted molar refractivity (Wildman–Crippen MR) is 62.8 cm³/mol. The smallest absolute Gasteiger partial charge is 0.381 e. The van der Waals surface area contributed by atoms with E-state index >= 15 is 0 Å². The highest BCUT2D eigenvalue weighted by atomic mass is 19.4. The number of alkyl halides is 3. The third-order valence-electron chi connectivity index (χ3n) is 3.41. The van der Waals surface area contributed by atoms with Gasteiger partial charge in [-0.15, -0.1) is 0 Å². The molecule has 1 aliphatic rings. The Hall–Kier alpha value is -1.18. The summed E-state index contributed by atoms with van der Waals surface area (Å²) in [6, 6.07) is 0.424. The zero-order chi connectivity index (χ0) is 13.9. The van der Waals surface area contributed by atoms with Gasteiger partial charge in [-0.1, -0.05) is 0 Å². The molecule has 1 aromatic heterocycles. The number of ether oxygens (including phenoxy) is 1. The average molecular weight is 275 g/mol. The molecule has 1 saturated heterocycles. The van der Waals surface area contributed by atoms with Gasteiger partial charge in [0.15, 0.2) is 0 Å². The number of hydrogen-bond acceptors (Lipinski definition) is 4. The van der Waals surface area contributed by atoms with Crippen LogP contribution in [-0.2, 0) is 10.9 Å². The third-order valence-corrected chi connectivity index (χ3v) is 3.41. The molecule has 2 rings (SSSR count). The standard InChI is InChI=1S/C12H16F3N3O/c13-12(14,15)10-1-4-17-7-9(10)11(18-16)8-2-5-19-6-3-8/h1,4,7-8,11,18H,2-3,5-6,16H2. The van der Waals surface area contributed by atoms with Crippen molar-refractivity contribution < 1.29 is 17.9 Å². The Kier molecular flexibility index (Phi) is 4.38. The number of nitrogens with two attached hydrogens (primary N) is 1. The Labute approximate surface area is 109 Å². The Morgan fingerprint density at radius 1 is 1.37 bits per heavy atom. The van der Waals surface area contributed by atoms with E-state index in [0.717, 1.165) is 12.3 Å². The van der Waals surface area contributed by atoms with Crippen molar-refractivity contribution in [3.8, 4) is 0 Å². The summed E-state index contributed by atoms with van der Waals surface area (Å²) in [6.07, 6.45) is -0.659. The molecular weight excluding hydrogens is 259 g/mol. The minimum atomic E-state index is -4.40. The molecule has 1 aromatic rings. The van der Waals surface area contributed by atoms with E-state index in [-0.39, 0.29) is 11.5 Å². The SMILES string of the molecule is NNC(c1cnccc1C(F)(F)F)C1CCOCC1. The Morgan fingerprint density at radius 3 is 2.63 bits per heavy atom. The van der Waals surface area contributed by atoms with Gasteiger partial charge in [0, 0.05) is 31.2 Å². The summed E-state index contributed by atoms with van der Waals surface area (Å²) in [6.45, 7) is 1.09. The molecule has 0 aromatic carbocycles. The molecule has 0 spiro atoms. The lowest BCUT2D eigenvalue weighted by Crippen LogP contribution is -2.37. The largest absolute Gasteiger partial charge is 0.416 e. The van der Waals surface area contributed by atoms with Crippen LogP contribution in [0.2, 0.25) is 0 Å². The van der Waals surface area contributed by atoms with Crippen LogP contribution in [0.1, 0.15) is 30.0 Å². The second kappa shape index (κ2) is 5.85. The number of hydrazine groups is 1. The van der Waals surface area contributed by atoms with E-state index in [0.29, 0.717) is 26.1 Å². The summed E-state index contributed by atoms with van der Waals surface area (Å²) in [7, 11) is 0. The first-order valence-electron chi connectivity index (χ1n) is 6.09. The molecule has 3 N–H and O–H groups in total. The van der Waals surface area contributed by atoms with Crippen molar-refractivity contribution in [1.29, 1.82) is 0 Å². The van der Waals surface area contributed by atoms with Crippen LogP contribution in [0.5, 0.6) is 0 Å². The molecule has 7 heteroatoms. The summed E-state index contributed by atoms with van der Waals surface area (Å²) < 4.78 is 44.2. The van der Waals surface area contributed by atoms with Gasteiger partial charge in [-0.25, -0.2) is 0 Å². The molecule has 0 radical (unpaired) electrons. The first kappa shape index (κ1) is 14.2. The summed E-state index contributed by atoms with van der Waals surface area (Å²) in [5.74, 6) is 5.48. The van der Waals surface area contributed by atoms with E-state index in [1.807, 2.05) is 0 Å². The van der Waals surface area contributed by atoms with Crippen molar-refractivity contribution in [2.45, 2.75) is 25.1 Å². The van der Waals surface area contributed by atoms with Gasteiger partial charge in [-0.05, 0) is 24.8 Å². The van der Waals surface area contributed by atoms with Crippen molar-refractivity contribution in [3.63, 3.8) is 0 Å². The first-order chi connectivity index (χ1) is 9.04. The number of rotatable bonds is 3. The van der Waals surface area contributed by atoms with Crippen LogP contribution in [-0.4, -0.2) is 18.2 Å². The van der Waals surface area contributed by atoms with Crippen LogP contribution in [0, 0.1) is 5.92 Å². The maximum absolute atomic E-state index is 13.0. The Morgan fingerprint density at radius 2 is 2.05 bits per heavy atom. The molecule has 0 aliphatic carbocycles. The second-order valence-electron chi connectivity index (χ2n) is 4.55. The van der Waals surface area contributed by atoms with Crippen LogP contribution in [0.4, 0.5) is 13.2 Å². The van der Waals surface area contributed by atoms with E-state index in [2.05, 4.69) is 10.4 Å². The number of nitrogens with zero attached hydrogens (tertiary/aromatic N) is 1. The molecule has 4 nitrogen and oxygen atoms in total. The molecule has 0 bridgehead atoms. The number of nitrogens with one attached hydrogen (secondary N) is 1. The van der Waals surface area contributed by atoms with Crippen LogP contribution in [0.25, 0.3) is 0 Å². The number of pyridine rings is 1. The summed E-state index contributed by atoms with van der Waals surface area (Å²) in [5, 5.41) is 0. The fourth-order valence-electron chi connectivity index (χ4n) is 2.44. The lowest BCUT2D eigenvalue weighted by atomic mass is 9.86. The number of hydrogen-bond donors (Lipinski definition) is 2. The molecule has 2 heterocycles. The maximum Gasteiger partial charge on any atom is 0.416 e. The number of aromatic nitrogens is 1. The van der Waals surface area contributed by atoms with Crippen molar-refractivity contribution >= 4 is 0 Å². The van der Waals surface area contributed by atoms with Gasteiger partial charge in [-0.2, -0.15) is 13.2 Å². The van der Waals surface area contributed by atoms with Gasteiger partial charge < -0.3 is 4.74 Å². The molecule has 19 heavy (non-hydrogen) atoms. The van der Waals surface area contributed by atoms with E-state index in [1.54, 1.807) is 0 Å². The Bertz CT molecular complexity index is 419. The van der Waals surface area contributed by atoms with Crippen molar-refractivity contribution in [2.75, 3.05) is 13.2 Å². The minimum Gasteiger partial charge on any atom is -0.381 e. The normalized spacial score (nSPS) is 19.4. The highest BCUT2D eigenvalue weighted by Gasteiger charge is 2.37. The van der Waals surface area contributed by atoms with Crippen LogP contribution >= 0.6 is 0 Å². The molecule has 1 unspecified atom stereocenters. The monoisotopic (exact) mass is 275 g/mol. The molecule has 1 atom stereocenters. The minimum absolute atomic E-state index is 0.0176. The van der Waals surface area contributed by atoms with Crippen LogP contribution in [0.15, 0.2) is 18.5 Å². The summed E-state index contributed by atoms with van der Waals surface area (Å²) in [4.78, 5) is 3.80. The second-order valence-corrected chi connectivity index (χ2v) is 4.55. The van der Waals surface area contributed by atoms with Crippen molar-refractivity contribution in [2.24, 2.45) is 11.8 Å².